The van der Waals surface area contributed by atoms with E-state index in [1.165, 1.54) is 8.99 Å². The summed E-state index contributed by atoms with van der Waals surface area (Å²) in [6, 6.07) is 8.75. The molecule has 1 unspecified atom stereocenters. The molecule has 164 valence electrons. The van der Waals surface area contributed by atoms with Gasteiger partial charge in [-0.05, 0) is 32.9 Å². The third-order valence-electron chi connectivity index (χ3n) is 5.76. The standard InChI is InChI=1S/C20H29N5O4S/c1-5-30(28,29)24-13-11-23(12-14-24)16(3)19(26)21-18-15(2)22(4)25(20(18)27)17-9-7-6-8-10-17/h6-10,16H,5,11-14H2,1-4H3,(H,21,26). The Bertz CT molecular complexity index is 1070. The average Bonchev–Trinajstić information content (AvgIpc) is 2.97. The van der Waals surface area contributed by atoms with Crippen molar-refractivity contribution in [1.82, 2.24) is 18.6 Å². The molecule has 0 saturated carbocycles. The third-order valence-corrected chi connectivity index (χ3v) is 7.64. The van der Waals surface area contributed by atoms with Gasteiger partial charge in [-0.15, -0.1) is 0 Å². The van der Waals surface area contributed by atoms with Gasteiger partial charge in [0.1, 0.15) is 5.69 Å². The smallest absolute Gasteiger partial charge is 0.295 e. The number of benzene rings is 1. The first-order valence-electron chi connectivity index (χ1n) is 10.0. The van der Waals surface area contributed by atoms with Crippen molar-refractivity contribution >= 4 is 21.6 Å². The van der Waals surface area contributed by atoms with E-state index in [1.54, 1.807) is 32.5 Å². The number of nitrogens with zero attached hydrogens (tertiary/aromatic N) is 4. The topological polar surface area (TPSA) is 96.7 Å². The molecular weight excluding hydrogens is 406 g/mol. The van der Waals surface area contributed by atoms with Crippen LogP contribution in [0.2, 0.25) is 0 Å². The number of rotatable bonds is 6. The van der Waals surface area contributed by atoms with Crippen LogP contribution in [-0.2, 0) is 21.9 Å². The fraction of sp³-hybridized carbons (Fsp3) is 0.500. The predicted octanol–water partition coefficient (Wildman–Crippen LogP) is 0.779. The number of para-hydroxylation sites is 1. The van der Waals surface area contributed by atoms with Crippen LogP contribution in [0.5, 0.6) is 0 Å². The molecule has 1 N–H and O–H groups in total. The molecule has 1 aliphatic heterocycles. The normalized spacial score (nSPS) is 17.1. The largest absolute Gasteiger partial charge is 0.319 e. The van der Waals surface area contributed by atoms with E-state index >= 15 is 0 Å². The van der Waals surface area contributed by atoms with E-state index in [2.05, 4.69) is 5.32 Å². The minimum Gasteiger partial charge on any atom is -0.319 e. The summed E-state index contributed by atoms with van der Waals surface area (Å²) >= 11 is 0. The van der Waals surface area contributed by atoms with Crippen LogP contribution in [0.4, 0.5) is 5.69 Å². The molecule has 0 aliphatic carbocycles. The summed E-state index contributed by atoms with van der Waals surface area (Å²) in [5.41, 5.74) is 1.34. The van der Waals surface area contributed by atoms with E-state index in [-0.39, 0.29) is 22.9 Å². The zero-order valence-corrected chi connectivity index (χ0v) is 18.6. The maximum absolute atomic E-state index is 13.0. The number of sulfonamides is 1. The molecule has 1 saturated heterocycles. The molecule has 1 aromatic carbocycles. The SMILES string of the molecule is CCS(=O)(=O)N1CCN(C(C)C(=O)Nc2c(C)n(C)n(-c3ccccc3)c2=O)CC1. The number of amides is 1. The second-order valence-electron chi connectivity index (χ2n) is 7.44. The lowest BCUT2D eigenvalue weighted by atomic mass is 10.2. The highest BCUT2D eigenvalue weighted by Crippen LogP contribution is 2.16. The first-order chi connectivity index (χ1) is 14.2. The van der Waals surface area contributed by atoms with Gasteiger partial charge in [-0.1, -0.05) is 18.2 Å². The van der Waals surface area contributed by atoms with Crippen LogP contribution in [0.1, 0.15) is 19.5 Å². The van der Waals surface area contributed by atoms with Crippen LogP contribution < -0.4 is 10.9 Å². The Hall–Kier alpha value is -2.43. The number of hydrogen-bond acceptors (Lipinski definition) is 5. The number of carbonyl (C=O) groups excluding carboxylic acids is 1. The molecule has 3 rings (SSSR count). The molecule has 1 fully saturated rings. The predicted molar refractivity (Wildman–Crippen MR) is 116 cm³/mol. The monoisotopic (exact) mass is 435 g/mol. The van der Waals surface area contributed by atoms with Crippen molar-refractivity contribution in [1.29, 1.82) is 0 Å². The molecule has 10 heteroatoms. The van der Waals surface area contributed by atoms with Crippen LogP contribution in [-0.4, -0.2) is 70.9 Å². The molecule has 1 atom stereocenters. The van der Waals surface area contributed by atoms with E-state index < -0.39 is 16.1 Å². The van der Waals surface area contributed by atoms with Crippen LogP contribution >= 0.6 is 0 Å². The van der Waals surface area contributed by atoms with Gasteiger partial charge >= 0.3 is 0 Å². The van der Waals surface area contributed by atoms with Crippen molar-refractivity contribution in [3.8, 4) is 5.69 Å². The summed E-state index contributed by atoms with van der Waals surface area (Å²) in [4.78, 5) is 27.8. The zero-order valence-electron chi connectivity index (χ0n) is 17.8. The van der Waals surface area contributed by atoms with Gasteiger partial charge in [0.2, 0.25) is 15.9 Å². The highest BCUT2D eigenvalue weighted by Gasteiger charge is 2.30. The first-order valence-corrected chi connectivity index (χ1v) is 11.6. The van der Waals surface area contributed by atoms with Crippen LogP contribution in [0.25, 0.3) is 5.69 Å². The molecule has 9 nitrogen and oxygen atoms in total. The fourth-order valence-electron chi connectivity index (χ4n) is 3.66. The minimum absolute atomic E-state index is 0.0734. The molecule has 0 radical (unpaired) electrons. The van der Waals surface area contributed by atoms with Crippen molar-refractivity contribution in [2.45, 2.75) is 26.8 Å². The summed E-state index contributed by atoms with van der Waals surface area (Å²) in [6.45, 7) is 6.84. The van der Waals surface area contributed by atoms with Crippen LogP contribution in [0.15, 0.2) is 35.1 Å². The number of anilines is 1. The number of hydrogen-bond donors (Lipinski definition) is 1. The Morgan fingerprint density at radius 2 is 1.73 bits per heavy atom. The minimum atomic E-state index is -3.22. The number of aromatic nitrogens is 2. The molecule has 2 aromatic rings. The Labute approximate surface area is 176 Å². The van der Waals surface area contributed by atoms with E-state index in [9.17, 15) is 18.0 Å². The molecule has 1 amide bonds. The Balaban J connectivity index is 1.73. The van der Waals surface area contributed by atoms with Gasteiger partial charge in [0, 0.05) is 33.2 Å². The van der Waals surface area contributed by atoms with Crippen LogP contribution in [0, 0.1) is 6.92 Å². The molecule has 1 aliphatic rings. The molecule has 1 aromatic heterocycles. The Morgan fingerprint density at radius 1 is 1.13 bits per heavy atom. The Morgan fingerprint density at radius 3 is 2.30 bits per heavy atom. The lowest BCUT2D eigenvalue weighted by molar-refractivity contribution is -0.121. The van der Waals surface area contributed by atoms with Crippen molar-refractivity contribution in [2.24, 2.45) is 7.05 Å². The molecule has 30 heavy (non-hydrogen) atoms. The second-order valence-corrected chi connectivity index (χ2v) is 9.69. The van der Waals surface area contributed by atoms with Crippen molar-refractivity contribution in [3.05, 3.63) is 46.4 Å². The first kappa shape index (κ1) is 22.3. The van der Waals surface area contributed by atoms with E-state index in [4.69, 9.17) is 0 Å². The highest BCUT2D eigenvalue weighted by atomic mass is 32.2. The van der Waals surface area contributed by atoms with Gasteiger partial charge in [0.05, 0.1) is 23.2 Å². The summed E-state index contributed by atoms with van der Waals surface area (Å²) in [7, 11) is -1.45. The molecule has 0 spiro atoms. The summed E-state index contributed by atoms with van der Waals surface area (Å²) in [5, 5.41) is 2.79. The average molecular weight is 436 g/mol. The van der Waals surface area contributed by atoms with Gasteiger partial charge in [-0.25, -0.2) is 13.1 Å². The van der Waals surface area contributed by atoms with Crippen molar-refractivity contribution in [2.75, 3.05) is 37.2 Å². The van der Waals surface area contributed by atoms with Gasteiger partial charge in [0.25, 0.3) is 5.56 Å². The van der Waals surface area contributed by atoms with E-state index in [1.807, 2.05) is 35.2 Å². The number of nitrogens with one attached hydrogen (secondary N) is 1. The van der Waals surface area contributed by atoms with Gasteiger partial charge in [-0.2, -0.15) is 4.31 Å². The van der Waals surface area contributed by atoms with Crippen molar-refractivity contribution in [3.63, 3.8) is 0 Å². The Kier molecular flexibility index (Phi) is 6.49. The number of piperazine rings is 1. The fourth-order valence-corrected chi connectivity index (χ4v) is 4.74. The molecule has 0 bridgehead atoms. The lowest BCUT2D eigenvalue weighted by Gasteiger charge is -2.36. The van der Waals surface area contributed by atoms with Crippen molar-refractivity contribution < 1.29 is 13.2 Å². The third kappa shape index (κ3) is 4.21. The summed E-state index contributed by atoms with van der Waals surface area (Å²) in [5.74, 6) is -0.211. The van der Waals surface area contributed by atoms with E-state index in [0.29, 0.717) is 31.9 Å². The maximum Gasteiger partial charge on any atom is 0.295 e. The van der Waals surface area contributed by atoms with E-state index in [0.717, 1.165) is 5.69 Å². The maximum atomic E-state index is 13.0. The number of carbonyl (C=O) groups is 1. The summed E-state index contributed by atoms with van der Waals surface area (Å²) < 4.78 is 28.7. The van der Waals surface area contributed by atoms with Gasteiger partial charge in [-0.3, -0.25) is 19.2 Å². The van der Waals surface area contributed by atoms with Gasteiger partial charge in [0.15, 0.2) is 0 Å². The zero-order chi connectivity index (χ0) is 22.1. The van der Waals surface area contributed by atoms with Crippen LogP contribution in [0.3, 0.4) is 0 Å². The summed E-state index contributed by atoms with van der Waals surface area (Å²) in [6.07, 6.45) is 0. The second kappa shape index (κ2) is 8.75. The molecule has 2 heterocycles. The molecular formula is C20H29N5O4S. The van der Waals surface area contributed by atoms with Gasteiger partial charge < -0.3 is 5.32 Å². The lowest BCUT2D eigenvalue weighted by Crippen LogP contribution is -2.54. The highest BCUT2D eigenvalue weighted by molar-refractivity contribution is 7.89. The quantitative estimate of drug-likeness (QED) is 0.723.